The first-order valence-electron chi connectivity index (χ1n) is 8.85. The van der Waals surface area contributed by atoms with Crippen molar-refractivity contribution in [2.75, 3.05) is 17.6 Å². The highest BCUT2D eigenvalue weighted by Crippen LogP contribution is 2.23. The molecule has 9 heteroatoms. The average molecular weight is 474 g/mol. The molecule has 29 heavy (non-hydrogen) atoms. The van der Waals surface area contributed by atoms with Crippen LogP contribution in [0.15, 0.2) is 58.4 Å². The number of halogens is 1. The van der Waals surface area contributed by atoms with E-state index in [1.165, 1.54) is 17.3 Å². The number of rotatable bonds is 7. The van der Waals surface area contributed by atoms with Crippen LogP contribution >= 0.6 is 27.7 Å². The molecular formula is C20H20BrN5O2S. The average Bonchev–Trinajstić information content (AvgIpc) is 3.15. The molecule has 0 unspecified atom stereocenters. The summed E-state index contributed by atoms with van der Waals surface area (Å²) in [4.78, 5) is 24.2. The Morgan fingerprint density at radius 1 is 1.14 bits per heavy atom. The summed E-state index contributed by atoms with van der Waals surface area (Å²) in [6.45, 7) is 3.95. The second kappa shape index (κ2) is 9.71. The third-order valence-electron chi connectivity index (χ3n) is 4.05. The number of benzene rings is 2. The fourth-order valence-electron chi connectivity index (χ4n) is 2.68. The van der Waals surface area contributed by atoms with Crippen LogP contribution < -0.4 is 10.6 Å². The van der Waals surface area contributed by atoms with Crippen molar-refractivity contribution in [3.8, 4) is 5.69 Å². The number of nitrogens with zero attached hydrogens (tertiary/aromatic N) is 3. The van der Waals surface area contributed by atoms with Crippen LogP contribution in [0.4, 0.5) is 5.69 Å². The molecule has 1 aromatic heterocycles. The normalized spacial score (nSPS) is 10.6. The van der Waals surface area contributed by atoms with Gasteiger partial charge in [0.25, 0.3) is 0 Å². The van der Waals surface area contributed by atoms with Crippen LogP contribution in [-0.2, 0) is 9.59 Å². The SMILES string of the molecule is Cc1ccc(-n2cnnc2SCC(=O)NCC(=O)Nc2ccccc2Br)c(C)c1. The van der Waals surface area contributed by atoms with E-state index in [1.807, 2.05) is 48.7 Å². The number of hydrogen-bond donors (Lipinski definition) is 2. The van der Waals surface area contributed by atoms with Crippen molar-refractivity contribution in [1.82, 2.24) is 20.1 Å². The van der Waals surface area contributed by atoms with E-state index in [9.17, 15) is 9.59 Å². The van der Waals surface area contributed by atoms with Gasteiger partial charge in [-0.2, -0.15) is 0 Å². The predicted octanol–water partition coefficient (Wildman–Crippen LogP) is 3.49. The van der Waals surface area contributed by atoms with Gasteiger partial charge in [-0.25, -0.2) is 0 Å². The van der Waals surface area contributed by atoms with Crippen molar-refractivity contribution in [1.29, 1.82) is 0 Å². The second-order valence-corrected chi connectivity index (χ2v) is 8.16. The Balaban J connectivity index is 1.52. The van der Waals surface area contributed by atoms with Crippen molar-refractivity contribution >= 4 is 45.2 Å². The van der Waals surface area contributed by atoms with Gasteiger partial charge in [0.2, 0.25) is 11.8 Å². The van der Waals surface area contributed by atoms with Gasteiger partial charge in [0.1, 0.15) is 6.33 Å². The summed E-state index contributed by atoms with van der Waals surface area (Å²) in [6, 6.07) is 13.4. The molecule has 0 bridgehead atoms. The van der Waals surface area contributed by atoms with Crippen molar-refractivity contribution in [2.45, 2.75) is 19.0 Å². The maximum Gasteiger partial charge on any atom is 0.243 e. The highest BCUT2D eigenvalue weighted by molar-refractivity contribution is 9.10. The Bertz CT molecular complexity index is 1040. The van der Waals surface area contributed by atoms with E-state index in [2.05, 4.69) is 42.8 Å². The van der Waals surface area contributed by atoms with Gasteiger partial charge in [0.15, 0.2) is 5.16 Å². The zero-order chi connectivity index (χ0) is 20.8. The number of amides is 2. The molecule has 2 amide bonds. The molecule has 0 atom stereocenters. The molecule has 0 spiro atoms. The van der Waals surface area contributed by atoms with E-state index in [-0.39, 0.29) is 24.1 Å². The first-order chi connectivity index (χ1) is 13.9. The molecule has 2 N–H and O–H groups in total. The third kappa shape index (κ3) is 5.68. The van der Waals surface area contributed by atoms with Gasteiger partial charge in [-0.15, -0.1) is 10.2 Å². The maximum atomic E-state index is 12.1. The molecule has 0 radical (unpaired) electrons. The van der Waals surface area contributed by atoms with Gasteiger partial charge in [-0.3, -0.25) is 14.2 Å². The molecule has 0 fully saturated rings. The summed E-state index contributed by atoms with van der Waals surface area (Å²) < 4.78 is 2.63. The number of anilines is 1. The molecule has 0 saturated heterocycles. The van der Waals surface area contributed by atoms with Gasteiger partial charge in [-0.1, -0.05) is 41.6 Å². The lowest BCUT2D eigenvalue weighted by molar-refractivity contribution is -0.122. The molecule has 150 valence electrons. The first-order valence-corrected chi connectivity index (χ1v) is 10.6. The molecule has 2 aromatic carbocycles. The van der Waals surface area contributed by atoms with E-state index in [4.69, 9.17) is 0 Å². The number of aryl methyl sites for hydroxylation is 2. The molecule has 0 aliphatic heterocycles. The minimum Gasteiger partial charge on any atom is -0.346 e. The first kappa shape index (κ1) is 21.1. The van der Waals surface area contributed by atoms with E-state index in [0.717, 1.165) is 15.7 Å². The van der Waals surface area contributed by atoms with Gasteiger partial charge in [0.05, 0.1) is 23.7 Å². The van der Waals surface area contributed by atoms with E-state index >= 15 is 0 Å². The molecule has 0 aliphatic carbocycles. The summed E-state index contributed by atoms with van der Waals surface area (Å²) in [7, 11) is 0. The van der Waals surface area contributed by atoms with Crippen molar-refractivity contribution in [3.05, 3.63) is 64.4 Å². The molecule has 7 nitrogen and oxygen atoms in total. The second-order valence-electron chi connectivity index (χ2n) is 6.37. The van der Waals surface area contributed by atoms with E-state index < -0.39 is 0 Å². The van der Waals surface area contributed by atoms with Gasteiger partial charge >= 0.3 is 0 Å². The van der Waals surface area contributed by atoms with Crippen LogP contribution in [0.2, 0.25) is 0 Å². The Morgan fingerprint density at radius 2 is 1.93 bits per heavy atom. The van der Waals surface area contributed by atoms with Crippen molar-refractivity contribution in [2.24, 2.45) is 0 Å². The van der Waals surface area contributed by atoms with Gasteiger partial charge in [0, 0.05) is 4.47 Å². The Hall–Kier alpha value is -2.65. The van der Waals surface area contributed by atoms with Crippen LogP contribution in [0, 0.1) is 13.8 Å². The lowest BCUT2D eigenvalue weighted by Gasteiger charge is -2.10. The Labute approximate surface area is 181 Å². The van der Waals surface area contributed by atoms with Crippen LogP contribution in [0.3, 0.4) is 0 Å². The molecule has 0 saturated carbocycles. The van der Waals surface area contributed by atoms with E-state index in [0.29, 0.717) is 10.8 Å². The summed E-state index contributed by atoms with van der Waals surface area (Å²) >= 11 is 4.63. The summed E-state index contributed by atoms with van der Waals surface area (Å²) in [5.74, 6) is -0.424. The van der Waals surface area contributed by atoms with Crippen molar-refractivity contribution in [3.63, 3.8) is 0 Å². The highest BCUT2D eigenvalue weighted by Gasteiger charge is 2.13. The minimum absolute atomic E-state index is 0.107. The van der Waals surface area contributed by atoms with Crippen LogP contribution in [-0.4, -0.2) is 38.9 Å². The number of aromatic nitrogens is 3. The number of carbonyl (C=O) groups is 2. The number of nitrogens with one attached hydrogen (secondary N) is 2. The van der Waals surface area contributed by atoms with Gasteiger partial charge in [-0.05, 0) is 53.5 Å². The zero-order valence-corrected chi connectivity index (χ0v) is 18.4. The smallest absolute Gasteiger partial charge is 0.243 e. The summed E-state index contributed by atoms with van der Waals surface area (Å²) in [5.41, 5.74) is 3.90. The lowest BCUT2D eigenvalue weighted by atomic mass is 10.1. The fraction of sp³-hybridized carbons (Fsp3) is 0.200. The molecule has 3 rings (SSSR count). The van der Waals surface area contributed by atoms with Crippen LogP contribution in [0.1, 0.15) is 11.1 Å². The topological polar surface area (TPSA) is 88.9 Å². The largest absolute Gasteiger partial charge is 0.346 e. The fourth-order valence-corrected chi connectivity index (χ4v) is 3.82. The molecule has 3 aromatic rings. The quantitative estimate of drug-likeness (QED) is 0.512. The highest BCUT2D eigenvalue weighted by atomic mass is 79.9. The number of thioether (sulfide) groups is 1. The van der Waals surface area contributed by atoms with Crippen LogP contribution in [0.5, 0.6) is 0 Å². The molecular weight excluding hydrogens is 454 g/mol. The molecule has 0 aliphatic rings. The Kier molecular flexibility index (Phi) is 7.05. The zero-order valence-electron chi connectivity index (χ0n) is 16.0. The van der Waals surface area contributed by atoms with Crippen LogP contribution in [0.25, 0.3) is 5.69 Å². The summed E-state index contributed by atoms with van der Waals surface area (Å²) in [6.07, 6.45) is 1.63. The Morgan fingerprint density at radius 3 is 2.69 bits per heavy atom. The number of para-hydroxylation sites is 1. The van der Waals surface area contributed by atoms with E-state index in [1.54, 1.807) is 12.4 Å². The van der Waals surface area contributed by atoms with Crippen molar-refractivity contribution < 1.29 is 9.59 Å². The summed E-state index contributed by atoms with van der Waals surface area (Å²) in [5, 5.41) is 14.0. The minimum atomic E-state index is -0.298. The number of carbonyl (C=O) groups excluding carboxylic acids is 2. The lowest BCUT2D eigenvalue weighted by Crippen LogP contribution is -2.34. The standard InChI is InChI=1S/C20H20BrN5O2S/c1-13-7-8-17(14(2)9-13)26-12-23-25-20(26)29-11-19(28)22-10-18(27)24-16-6-4-3-5-15(16)21/h3-9,12H,10-11H2,1-2H3,(H,22,28)(H,24,27). The third-order valence-corrected chi connectivity index (χ3v) is 5.69. The maximum absolute atomic E-state index is 12.1. The monoisotopic (exact) mass is 473 g/mol. The van der Waals surface area contributed by atoms with Gasteiger partial charge < -0.3 is 10.6 Å². The number of hydrogen-bond acceptors (Lipinski definition) is 5. The predicted molar refractivity (Wildman–Crippen MR) is 117 cm³/mol. The molecule has 1 heterocycles.